The Labute approximate surface area is 133 Å². The highest BCUT2D eigenvalue weighted by Crippen LogP contribution is 2.26. The fraction of sp³-hybridized carbons (Fsp3) is 0.375. The summed E-state index contributed by atoms with van der Waals surface area (Å²) in [6, 6.07) is 7.92. The maximum Gasteiger partial charge on any atom is 0.313 e. The summed E-state index contributed by atoms with van der Waals surface area (Å²) in [5.41, 5.74) is 3.74. The van der Waals surface area contributed by atoms with E-state index in [9.17, 15) is 4.79 Å². The van der Waals surface area contributed by atoms with Crippen molar-refractivity contribution in [3.8, 4) is 5.69 Å². The van der Waals surface area contributed by atoms with Crippen LogP contribution in [0.1, 0.15) is 36.7 Å². The van der Waals surface area contributed by atoms with E-state index in [1.54, 1.807) is 0 Å². The number of aromatic nitrogens is 2. The second kappa shape index (κ2) is 6.43. The highest BCUT2D eigenvalue weighted by molar-refractivity contribution is 9.10. The predicted octanol–water partition coefficient (Wildman–Crippen LogP) is 3.92. The molecule has 0 spiro atoms. The quantitative estimate of drug-likeness (QED) is 0.785. The highest BCUT2D eigenvalue weighted by Gasteiger charge is 2.24. The molecular weight excluding hydrogens is 332 g/mol. The van der Waals surface area contributed by atoms with Gasteiger partial charge in [0.25, 0.3) is 0 Å². The van der Waals surface area contributed by atoms with Gasteiger partial charge in [-0.15, -0.1) is 0 Å². The molecule has 112 valence electrons. The van der Waals surface area contributed by atoms with Gasteiger partial charge < -0.3 is 4.74 Å². The summed E-state index contributed by atoms with van der Waals surface area (Å²) in [6.07, 6.45) is 0. The van der Waals surface area contributed by atoms with Crippen LogP contribution < -0.4 is 0 Å². The van der Waals surface area contributed by atoms with E-state index in [0.29, 0.717) is 6.61 Å². The Morgan fingerprint density at radius 2 is 1.95 bits per heavy atom. The van der Waals surface area contributed by atoms with Gasteiger partial charge in [-0.3, -0.25) is 4.79 Å². The molecule has 0 saturated heterocycles. The molecule has 1 aromatic carbocycles. The van der Waals surface area contributed by atoms with Crippen LogP contribution in [0.3, 0.4) is 0 Å². The van der Waals surface area contributed by atoms with E-state index < -0.39 is 0 Å². The van der Waals surface area contributed by atoms with Gasteiger partial charge in [0.15, 0.2) is 0 Å². The number of carbonyl (C=O) groups is 1. The van der Waals surface area contributed by atoms with Crippen molar-refractivity contribution in [2.75, 3.05) is 6.61 Å². The van der Waals surface area contributed by atoms with Gasteiger partial charge in [-0.25, -0.2) is 4.68 Å². The minimum Gasteiger partial charge on any atom is -0.466 e. The molecule has 0 radical (unpaired) electrons. The number of benzene rings is 1. The lowest BCUT2D eigenvalue weighted by molar-refractivity contribution is -0.144. The van der Waals surface area contributed by atoms with Crippen molar-refractivity contribution < 1.29 is 9.53 Å². The number of aryl methyl sites for hydroxylation is 1. The van der Waals surface area contributed by atoms with Crippen LogP contribution in [0.25, 0.3) is 5.69 Å². The van der Waals surface area contributed by atoms with Crippen LogP contribution in [0.4, 0.5) is 0 Å². The Balaban J connectivity index is 2.42. The molecule has 1 heterocycles. The van der Waals surface area contributed by atoms with E-state index >= 15 is 0 Å². The molecule has 0 aliphatic carbocycles. The molecule has 0 N–H and O–H groups in total. The molecule has 1 unspecified atom stereocenters. The Hall–Kier alpha value is -1.62. The topological polar surface area (TPSA) is 44.1 Å². The zero-order valence-corrected chi connectivity index (χ0v) is 14.3. The number of ether oxygens (including phenoxy) is 1. The average molecular weight is 351 g/mol. The lowest BCUT2D eigenvalue weighted by Gasteiger charge is -2.11. The van der Waals surface area contributed by atoms with Crippen molar-refractivity contribution in [3.05, 3.63) is 45.7 Å². The van der Waals surface area contributed by atoms with Gasteiger partial charge in [-0.05, 0) is 52.0 Å². The summed E-state index contributed by atoms with van der Waals surface area (Å²) in [7, 11) is 0. The summed E-state index contributed by atoms with van der Waals surface area (Å²) >= 11 is 3.42. The second-order valence-corrected chi connectivity index (χ2v) is 5.86. The number of rotatable bonds is 4. The second-order valence-electron chi connectivity index (χ2n) is 4.95. The zero-order chi connectivity index (χ0) is 15.6. The van der Waals surface area contributed by atoms with Gasteiger partial charge >= 0.3 is 5.97 Å². The summed E-state index contributed by atoms with van der Waals surface area (Å²) in [5, 5.41) is 4.57. The molecule has 5 heteroatoms. The SMILES string of the molecule is CCOC(=O)C(C)c1c(C)nn(-c2ccc(Br)cc2)c1C. The van der Waals surface area contributed by atoms with Crippen molar-refractivity contribution in [3.63, 3.8) is 0 Å². The Bertz CT molecular complexity index is 647. The first kappa shape index (κ1) is 15.8. The van der Waals surface area contributed by atoms with Crippen LogP contribution in [0.15, 0.2) is 28.7 Å². The third kappa shape index (κ3) is 3.18. The molecule has 1 atom stereocenters. The fourth-order valence-corrected chi connectivity index (χ4v) is 2.76. The smallest absolute Gasteiger partial charge is 0.313 e. The molecule has 21 heavy (non-hydrogen) atoms. The summed E-state index contributed by atoms with van der Waals surface area (Å²) in [6.45, 7) is 7.97. The monoisotopic (exact) mass is 350 g/mol. The molecular formula is C16H19BrN2O2. The number of hydrogen-bond acceptors (Lipinski definition) is 3. The molecule has 0 aliphatic heterocycles. The molecule has 1 aromatic heterocycles. The van der Waals surface area contributed by atoms with Gasteiger partial charge in [0.05, 0.1) is 23.9 Å². The van der Waals surface area contributed by atoms with E-state index in [1.807, 2.05) is 56.6 Å². The van der Waals surface area contributed by atoms with E-state index in [-0.39, 0.29) is 11.9 Å². The van der Waals surface area contributed by atoms with Crippen LogP contribution in [0.5, 0.6) is 0 Å². The molecule has 4 nitrogen and oxygen atoms in total. The molecule has 0 fully saturated rings. The summed E-state index contributed by atoms with van der Waals surface area (Å²) in [4.78, 5) is 12.0. The molecule has 2 rings (SSSR count). The van der Waals surface area contributed by atoms with Crippen LogP contribution >= 0.6 is 15.9 Å². The normalized spacial score (nSPS) is 12.2. The van der Waals surface area contributed by atoms with Crippen molar-refractivity contribution in [2.24, 2.45) is 0 Å². The molecule has 0 bridgehead atoms. The van der Waals surface area contributed by atoms with E-state index in [2.05, 4.69) is 21.0 Å². The molecule has 0 saturated carbocycles. The minimum atomic E-state index is -0.311. The van der Waals surface area contributed by atoms with Gasteiger partial charge in [0, 0.05) is 15.7 Å². The summed E-state index contributed by atoms with van der Waals surface area (Å²) < 4.78 is 8.01. The first-order valence-corrected chi connectivity index (χ1v) is 7.73. The maximum absolute atomic E-state index is 12.0. The average Bonchev–Trinajstić information content (AvgIpc) is 2.74. The van der Waals surface area contributed by atoms with Gasteiger partial charge in [-0.1, -0.05) is 15.9 Å². The molecule has 0 amide bonds. The zero-order valence-electron chi connectivity index (χ0n) is 12.7. The Morgan fingerprint density at radius 1 is 1.33 bits per heavy atom. The first-order valence-electron chi connectivity index (χ1n) is 6.94. The van der Waals surface area contributed by atoms with E-state index in [0.717, 1.165) is 27.1 Å². The van der Waals surface area contributed by atoms with Crippen LogP contribution in [-0.2, 0) is 9.53 Å². The predicted molar refractivity (Wildman–Crippen MR) is 85.8 cm³/mol. The van der Waals surface area contributed by atoms with Crippen molar-refractivity contribution in [1.29, 1.82) is 0 Å². The third-order valence-electron chi connectivity index (χ3n) is 3.49. The Morgan fingerprint density at radius 3 is 2.52 bits per heavy atom. The number of nitrogens with zero attached hydrogens (tertiary/aromatic N) is 2. The van der Waals surface area contributed by atoms with Gasteiger partial charge in [-0.2, -0.15) is 5.10 Å². The largest absolute Gasteiger partial charge is 0.466 e. The molecule has 2 aromatic rings. The molecule has 0 aliphatic rings. The van der Waals surface area contributed by atoms with Gasteiger partial charge in [0.1, 0.15) is 0 Å². The fourth-order valence-electron chi connectivity index (χ4n) is 2.50. The van der Waals surface area contributed by atoms with Crippen LogP contribution in [-0.4, -0.2) is 22.4 Å². The van der Waals surface area contributed by atoms with Crippen LogP contribution in [0, 0.1) is 13.8 Å². The first-order chi connectivity index (χ1) is 9.95. The van der Waals surface area contributed by atoms with Crippen molar-refractivity contribution in [1.82, 2.24) is 9.78 Å². The lowest BCUT2D eigenvalue weighted by atomic mass is 9.99. The lowest BCUT2D eigenvalue weighted by Crippen LogP contribution is -2.14. The standard InChI is InChI=1S/C16H19BrN2O2/c1-5-21-16(20)10(2)15-11(3)18-19(12(15)4)14-8-6-13(17)7-9-14/h6-10H,5H2,1-4H3. The van der Waals surface area contributed by atoms with Gasteiger partial charge in [0.2, 0.25) is 0 Å². The minimum absolute atomic E-state index is 0.209. The number of halogens is 1. The maximum atomic E-state index is 12.0. The summed E-state index contributed by atoms with van der Waals surface area (Å²) in [5.74, 6) is -0.520. The highest BCUT2D eigenvalue weighted by atomic mass is 79.9. The van der Waals surface area contributed by atoms with E-state index in [1.165, 1.54) is 0 Å². The van der Waals surface area contributed by atoms with E-state index in [4.69, 9.17) is 4.74 Å². The van der Waals surface area contributed by atoms with Crippen molar-refractivity contribution in [2.45, 2.75) is 33.6 Å². The number of carbonyl (C=O) groups excluding carboxylic acids is 1. The number of hydrogen-bond donors (Lipinski definition) is 0. The number of esters is 1. The van der Waals surface area contributed by atoms with Crippen LogP contribution in [0.2, 0.25) is 0 Å². The third-order valence-corrected chi connectivity index (χ3v) is 4.02. The Kier molecular flexibility index (Phi) is 4.83. The van der Waals surface area contributed by atoms with Crippen molar-refractivity contribution >= 4 is 21.9 Å².